The molecule has 0 aliphatic heterocycles. The van der Waals surface area contributed by atoms with Crippen LogP contribution in [0.4, 0.5) is 0 Å². The highest BCUT2D eigenvalue weighted by Gasteiger charge is 2.16. The number of nitrogens with one attached hydrogen (secondary N) is 1. The van der Waals surface area contributed by atoms with E-state index in [9.17, 15) is 13.2 Å². The largest absolute Gasteiger partial charge is 0.306 e. The predicted molar refractivity (Wildman–Crippen MR) is 88.7 cm³/mol. The van der Waals surface area contributed by atoms with Crippen LogP contribution in [0.15, 0.2) is 40.4 Å². The van der Waals surface area contributed by atoms with Crippen LogP contribution in [0, 0.1) is 0 Å². The summed E-state index contributed by atoms with van der Waals surface area (Å²) in [6.07, 6.45) is 2.31. The Morgan fingerprint density at radius 1 is 1.17 bits per heavy atom. The van der Waals surface area contributed by atoms with E-state index in [1.54, 1.807) is 18.2 Å². The molecule has 0 saturated heterocycles. The van der Waals surface area contributed by atoms with Gasteiger partial charge in [0.1, 0.15) is 5.65 Å². The number of hydrogen-bond acceptors (Lipinski definition) is 5. The fourth-order valence-electron chi connectivity index (χ4n) is 2.10. The standard InChI is InChI=1S/C14H9Cl2N3O3S/c1-23(21,22)14-17-6-7-5-8(13(20)18-12(7)19-14)11-9(15)3-2-4-10(11)16/h2-6H,1H3,(H,17,18,19,20). The van der Waals surface area contributed by atoms with Gasteiger partial charge >= 0.3 is 0 Å². The Labute approximate surface area is 141 Å². The van der Waals surface area contributed by atoms with Crippen molar-refractivity contribution in [2.45, 2.75) is 5.16 Å². The van der Waals surface area contributed by atoms with Gasteiger partial charge < -0.3 is 4.98 Å². The zero-order chi connectivity index (χ0) is 16.8. The van der Waals surface area contributed by atoms with Crippen LogP contribution in [0.2, 0.25) is 10.0 Å². The molecule has 0 atom stereocenters. The van der Waals surface area contributed by atoms with Gasteiger partial charge in [0.15, 0.2) is 0 Å². The molecule has 23 heavy (non-hydrogen) atoms. The Morgan fingerprint density at radius 2 is 1.83 bits per heavy atom. The molecule has 9 heteroatoms. The van der Waals surface area contributed by atoms with Crippen molar-refractivity contribution < 1.29 is 8.42 Å². The van der Waals surface area contributed by atoms with Gasteiger partial charge in [0.2, 0.25) is 15.0 Å². The fraction of sp³-hybridized carbons (Fsp3) is 0.0714. The highest BCUT2D eigenvalue weighted by molar-refractivity contribution is 7.90. The molecule has 0 aliphatic rings. The van der Waals surface area contributed by atoms with Crippen LogP contribution in [0.5, 0.6) is 0 Å². The molecule has 0 unspecified atom stereocenters. The number of aromatic amines is 1. The second kappa shape index (κ2) is 5.59. The summed E-state index contributed by atoms with van der Waals surface area (Å²) in [7, 11) is -3.57. The predicted octanol–water partition coefficient (Wildman–Crippen LogP) is 2.70. The lowest BCUT2D eigenvalue weighted by Gasteiger charge is -2.07. The second-order valence-corrected chi connectivity index (χ2v) is 7.56. The molecule has 0 bridgehead atoms. The van der Waals surface area contributed by atoms with Crippen molar-refractivity contribution in [3.8, 4) is 11.1 Å². The molecule has 0 aliphatic carbocycles. The molecular formula is C14H9Cl2N3O3S. The Bertz CT molecular complexity index is 1070. The first-order valence-electron chi connectivity index (χ1n) is 6.32. The number of H-pyrrole nitrogens is 1. The van der Waals surface area contributed by atoms with Gasteiger partial charge in [-0.1, -0.05) is 29.3 Å². The van der Waals surface area contributed by atoms with Gasteiger partial charge in [-0.25, -0.2) is 18.4 Å². The topological polar surface area (TPSA) is 92.8 Å². The first-order valence-corrected chi connectivity index (χ1v) is 8.96. The van der Waals surface area contributed by atoms with E-state index < -0.39 is 15.4 Å². The normalized spacial score (nSPS) is 11.8. The lowest BCUT2D eigenvalue weighted by molar-refractivity contribution is 0.593. The van der Waals surface area contributed by atoms with Gasteiger partial charge in [-0.05, 0) is 18.2 Å². The van der Waals surface area contributed by atoms with Gasteiger partial charge in [-0.3, -0.25) is 4.79 Å². The molecule has 3 aromatic rings. The maximum atomic E-state index is 12.3. The molecule has 0 saturated carbocycles. The molecule has 1 aromatic carbocycles. The molecule has 118 valence electrons. The maximum absolute atomic E-state index is 12.3. The molecule has 2 aromatic heterocycles. The van der Waals surface area contributed by atoms with Crippen LogP contribution >= 0.6 is 23.2 Å². The first-order chi connectivity index (χ1) is 10.8. The monoisotopic (exact) mass is 369 g/mol. The van der Waals surface area contributed by atoms with Crippen LogP contribution in [-0.2, 0) is 9.84 Å². The van der Waals surface area contributed by atoms with Gasteiger partial charge in [-0.2, -0.15) is 0 Å². The molecule has 2 heterocycles. The lowest BCUT2D eigenvalue weighted by atomic mass is 10.1. The van der Waals surface area contributed by atoms with Crippen LogP contribution < -0.4 is 5.56 Å². The molecule has 0 spiro atoms. The minimum Gasteiger partial charge on any atom is -0.306 e. The third-order valence-electron chi connectivity index (χ3n) is 3.14. The molecule has 6 nitrogen and oxygen atoms in total. The zero-order valence-electron chi connectivity index (χ0n) is 11.7. The quantitative estimate of drug-likeness (QED) is 0.700. The van der Waals surface area contributed by atoms with Crippen molar-refractivity contribution in [3.63, 3.8) is 0 Å². The average molecular weight is 370 g/mol. The number of halogens is 2. The Balaban J connectivity index is 2.30. The summed E-state index contributed by atoms with van der Waals surface area (Å²) < 4.78 is 23.0. The van der Waals surface area contributed by atoms with Crippen molar-refractivity contribution in [2.75, 3.05) is 6.26 Å². The Kier molecular flexibility index (Phi) is 3.87. The maximum Gasteiger partial charge on any atom is 0.257 e. The van der Waals surface area contributed by atoms with Crippen molar-refractivity contribution in [2.24, 2.45) is 0 Å². The number of benzene rings is 1. The summed E-state index contributed by atoms with van der Waals surface area (Å²) in [5.74, 6) is 0. The van der Waals surface area contributed by atoms with E-state index in [-0.39, 0.29) is 16.4 Å². The summed E-state index contributed by atoms with van der Waals surface area (Å²) in [6.45, 7) is 0. The number of sulfone groups is 1. The highest BCUT2D eigenvalue weighted by atomic mass is 35.5. The van der Waals surface area contributed by atoms with Crippen molar-refractivity contribution in [1.82, 2.24) is 15.0 Å². The van der Waals surface area contributed by atoms with Gasteiger partial charge in [-0.15, -0.1) is 0 Å². The average Bonchev–Trinajstić information content (AvgIpc) is 2.46. The highest BCUT2D eigenvalue weighted by Crippen LogP contribution is 2.33. The summed E-state index contributed by atoms with van der Waals surface area (Å²) in [4.78, 5) is 22.5. The van der Waals surface area contributed by atoms with E-state index in [4.69, 9.17) is 23.2 Å². The summed E-state index contributed by atoms with van der Waals surface area (Å²) >= 11 is 12.2. The molecular weight excluding hydrogens is 361 g/mol. The Hall–Kier alpha value is -1.96. The number of rotatable bonds is 2. The van der Waals surface area contributed by atoms with Gasteiger partial charge in [0, 0.05) is 23.4 Å². The number of aromatic nitrogens is 3. The first kappa shape index (κ1) is 15.9. The third-order valence-corrected chi connectivity index (χ3v) is 4.63. The van der Waals surface area contributed by atoms with E-state index in [1.807, 2.05) is 0 Å². The molecule has 0 radical (unpaired) electrons. The van der Waals surface area contributed by atoms with Crippen LogP contribution in [0.3, 0.4) is 0 Å². The smallest absolute Gasteiger partial charge is 0.257 e. The van der Waals surface area contributed by atoms with E-state index in [2.05, 4.69) is 15.0 Å². The Morgan fingerprint density at radius 3 is 2.43 bits per heavy atom. The zero-order valence-corrected chi connectivity index (χ0v) is 14.0. The minimum absolute atomic E-state index is 0.123. The molecule has 0 fully saturated rings. The number of pyridine rings is 1. The van der Waals surface area contributed by atoms with Crippen LogP contribution in [0.25, 0.3) is 22.2 Å². The fourth-order valence-corrected chi connectivity index (χ4v) is 3.20. The lowest BCUT2D eigenvalue weighted by Crippen LogP contribution is -2.12. The summed E-state index contributed by atoms with van der Waals surface area (Å²) in [5, 5.41) is 0.763. The molecule has 3 rings (SSSR count). The minimum atomic E-state index is -3.57. The van der Waals surface area contributed by atoms with E-state index >= 15 is 0 Å². The molecule has 0 amide bonds. The van der Waals surface area contributed by atoms with Crippen molar-refractivity contribution >= 4 is 44.1 Å². The molecule has 1 N–H and O–H groups in total. The summed E-state index contributed by atoms with van der Waals surface area (Å²) in [6, 6.07) is 6.43. The van der Waals surface area contributed by atoms with Crippen LogP contribution in [0.1, 0.15) is 0 Å². The van der Waals surface area contributed by atoms with E-state index in [0.29, 0.717) is 21.0 Å². The van der Waals surface area contributed by atoms with Gasteiger partial charge in [0.05, 0.1) is 15.6 Å². The number of nitrogens with zero attached hydrogens (tertiary/aromatic N) is 2. The van der Waals surface area contributed by atoms with E-state index in [0.717, 1.165) is 6.26 Å². The van der Waals surface area contributed by atoms with Gasteiger partial charge in [0.25, 0.3) is 5.56 Å². The SMILES string of the molecule is CS(=O)(=O)c1ncc2cc(-c3c(Cl)cccc3Cl)c(=O)[nH]c2n1. The van der Waals surface area contributed by atoms with Crippen molar-refractivity contribution in [3.05, 3.63) is 50.9 Å². The van der Waals surface area contributed by atoms with Crippen molar-refractivity contribution in [1.29, 1.82) is 0 Å². The number of hydrogen-bond donors (Lipinski definition) is 1. The number of fused-ring (bicyclic) bond motifs is 1. The van der Waals surface area contributed by atoms with Crippen LogP contribution in [-0.4, -0.2) is 29.6 Å². The summed E-state index contributed by atoms with van der Waals surface area (Å²) in [5.41, 5.74) is 0.290. The third kappa shape index (κ3) is 2.95. The second-order valence-electron chi connectivity index (χ2n) is 4.84. The van der Waals surface area contributed by atoms with E-state index in [1.165, 1.54) is 12.3 Å².